The van der Waals surface area contributed by atoms with E-state index >= 15 is 0 Å². The second-order valence-electron chi connectivity index (χ2n) is 9.53. The van der Waals surface area contributed by atoms with Crippen molar-refractivity contribution in [1.29, 1.82) is 5.26 Å². The number of likely N-dealkylation sites (tertiary alicyclic amines) is 1. The van der Waals surface area contributed by atoms with Gasteiger partial charge in [-0.2, -0.15) is 5.26 Å². The molecule has 1 aromatic carbocycles. The van der Waals surface area contributed by atoms with Gasteiger partial charge in [0.05, 0.1) is 24.3 Å². The number of benzene rings is 1. The van der Waals surface area contributed by atoms with Crippen molar-refractivity contribution in [1.82, 2.24) is 9.88 Å². The van der Waals surface area contributed by atoms with E-state index in [2.05, 4.69) is 16.0 Å². The van der Waals surface area contributed by atoms with Gasteiger partial charge in [-0.05, 0) is 44.5 Å². The summed E-state index contributed by atoms with van der Waals surface area (Å²) in [4.78, 5) is 20.3. The summed E-state index contributed by atoms with van der Waals surface area (Å²) in [6.07, 6.45) is 1.38. The molecule has 2 aliphatic rings. The van der Waals surface area contributed by atoms with Gasteiger partial charge in [-0.25, -0.2) is 9.78 Å². The van der Waals surface area contributed by atoms with E-state index < -0.39 is 5.60 Å². The third-order valence-electron chi connectivity index (χ3n) is 5.92. The largest absolute Gasteiger partial charge is 0.487 e. The molecule has 34 heavy (non-hydrogen) atoms. The van der Waals surface area contributed by atoms with Crippen LogP contribution in [0.4, 0.5) is 16.3 Å². The summed E-state index contributed by atoms with van der Waals surface area (Å²) in [5, 5.41) is 9.72. The van der Waals surface area contributed by atoms with Gasteiger partial charge in [0.25, 0.3) is 0 Å². The Bertz CT molecular complexity index is 1080. The Hall–Kier alpha value is -3.51. The number of morpholine rings is 1. The Morgan fingerprint density at radius 1 is 1.26 bits per heavy atom. The highest BCUT2D eigenvalue weighted by molar-refractivity contribution is 5.69. The number of hydrogen-bond acceptors (Lipinski definition) is 8. The molecule has 0 saturated carbocycles. The molecule has 3 heterocycles. The first-order valence-electron chi connectivity index (χ1n) is 11.5. The number of amides is 1. The molecular weight excluding hydrogens is 434 g/mol. The third kappa shape index (κ3) is 5.34. The minimum atomic E-state index is -0.519. The smallest absolute Gasteiger partial charge is 0.410 e. The molecule has 4 rings (SSSR count). The summed E-state index contributed by atoms with van der Waals surface area (Å²) in [6, 6.07) is 9.75. The second kappa shape index (κ2) is 9.77. The molecule has 0 radical (unpaired) electrons. The highest BCUT2D eigenvalue weighted by Crippen LogP contribution is 2.32. The van der Waals surface area contributed by atoms with Crippen LogP contribution in [0.3, 0.4) is 0 Å². The van der Waals surface area contributed by atoms with Crippen LogP contribution in [-0.4, -0.2) is 61.0 Å². The average Bonchev–Trinajstić information content (AvgIpc) is 2.77. The lowest BCUT2D eigenvalue weighted by Crippen LogP contribution is -2.50. The number of nitriles is 1. The quantitative estimate of drug-likeness (QED) is 0.716. The van der Waals surface area contributed by atoms with Crippen molar-refractivity contribution in [3.8, 4) is 11.8 Å². The molecule has 0 aliphatic carbocycles. The van der Waals surface area contributed by atoms with E-state index in [0.29, 0.717) is 43.4 Å². The van der Waals surface area contributed by atoms with Gasteiger partial charge < -0.3 is 29.7 Å². The predicted molar refractivity (Wildman–Crippen MR) is 128 cm³/mol. The number of anilines is 2. The van der Waals surface area contributed by atoms with E-state index in [-0.39, 0.29) is 18.6 Å². The molecule has 2 N–H and O–H groups in total. The van der Waals surface area contributed by atoms with Crippen molar-refractivity contribution in [3.05, 3.63) is 47.2 Å². The Balaban J connectivity index is 1.42. The summed E-state index contributed by atoms with van der Waals surface area (Å²) in [5.41, 5.74) is 8.87. The van der Waals surface area contributed by atoms with E-state index in [0.717, 1.165) is 29.9 Å². The number of nitrogens with zero attached hydrogens (tertiary/aromatic N) is 4. The molecular formula is C25H31N5O4. The molecule has 1 aromatic heterocycles. The lowest BCUT2D eigenvalue weighted by atomic mass is 9.90. The zero-order chi connectivity index (χ0) is 24.3. The van der Waals surface area contributed by atoms with Crippen LogP contribution in [-0.2, 0) is 16.1 Å². The Morgan fingerprint density at radius 3 is 2.68 bits per heavy atom. The van der Waals surface area contributed by atoms with Crippen molar-refractivity contribution < 1.29 is 19.0 Å². The molecule has 9 heteroatoms. The fourth-order valence-corrected chi connectivity index (χ4v) is 4.08. The maximum Gasteiger partial charge on any atom is 0.410 e. The highest BCUT2D eigenvalue weighted by atomic mass is 16.6. The Labute approximate surface area is 200 Å². The number of aromatic nitrogens is 1. The van der Waals surface area contributed by atoms with Gasteiger partial charge in [-0.3, -0.25) is 0 Å². The number of carbonyl (C=O) groups is 1. The fourth-order valence-electron chi connectivity index (χ4n) is 4.08. The number of ether oxygens (including phenoxy) is 3. The minimum Gasteiger partial charge on any atom is -0.487 e. The topological polar surface area (TPSA) is 114 Å². The third-order valence-corrected chi connectivity index (χ3v) is 5.92. The van der Waals surface area contributed by atoms with Crippen molar-refractivity contribution in [2.75, 3.05) is 50.0 Å². The van der Waals surface area contributed by atoms with Gasteiger partial charge in [0.1, 0.15) is 29.8 Å². The van der Waals surface area contributed by atoms with Crippen LogP contribution in [0.5, 0.6) is 5.75 Å². The SMILES string of the molecule is CC(C)(C)OC(=O)N1CC(c2ccc(OCc3c(N4CCOCC4)ccnc3N)c(C#N)c2)C1. The summed E-state index contributed by atoms with van der Waals surface area (Å²) < 4.78 is 16.9. The Morgan fingerprint density at radius 2 is 2.00 bits per heavy atom. The monoisotopic (exact) mass is 465 g/mol. The lowest BCUT2D eigenvalue weighted by Gasteiger charge is -2.40. The van der Waals surface area contributed by atoms with E-state index in [9.17, 15) is 10.1 Å². The minimum absolute atomic E-state index is 0.163. The van der Waals surface area contributed by atoms with Crippen molar-refractivity contribution in [2.24, 2.45) is 0 Å². The Kier molecular flexibility index (Phi) is 6.80. The standard InChI is InChI=1S/C25H31N5O4/c1-25(2,3)34-24(31)30-14-19(15-30)17-4-5-22(18(12-17)13-26)33-16-20-21(6-7-28-23(20)27)29-8-10-32-11-9-29/h4-7,12,19H,8-11,14-16H2,1-3H3,(H2,27,28). The molecule has 180 valence electrons. The fraction of sp³-hybridized carbons (Fsp3) is 0.480. The van der Waals surface area contributed by atoms with Crippen LogP contribution in [0.25, 0.3) is 0 Å². The summed E-state index contributed by atoms with van der Waals surface area (Å²) in [6.45, 7) is 9.76. The van der Waals surface area contributed by atoms with E-state index in [4.69, 9.17) is 19.9 Å². The lowest BCUT2D eigenvalue weighted by molar-refractivity contribution is 0.00818. The van der Waals surface area contributed by atoms with Crippen molar-refractivity contribution >= 4 is 17.6 Å². The maximum absolute atomic E-state index is 12.2. The number of carbonyl (C=O) groups excluding carboxylic acids is 1. The van der Waals surface area contributed by atoms with Crippen LogP contribution in [0, 0.1) is 11.3 Å². The van der Waals surface area contributed by atoms with Crippen LogP contribution in [0.2, 0.25) is 0 Å². The summed E-state index contributed by atoms with van der Waals surface area (Å²) in [7, 11) is 0. The zero-order valence-electron chi connectivity index (χ0n) is 19.9. The molecule has 2 aliphatic heterocycles. The van der Waals surface area contributed by atoms with E-state index in [1.807, 2.05) is 45.0 Å². The molecule has 2 aromatic rings. The van der Waals surface area contributed by atoms with Crippen LogP contribution >= 0.6 is 0 Å². The molecule has 0 bridgehead atoms. The molecule has 2 fully saturated rings. The molecule has 1 amide bonds. The molecule has 9 nitrogen and oxygen atoms in total. The normalized spacial score (nSPS) is 16.5. The number of nitrogen functional groups attached to an aromatic ring is 1. The number of rotatable bonds is 5. The molecule has 0 unspecified atom stereocenters. The first kappa shape index (κ1) is 23.6. The van der Waals surface area contributed by atoms with Gasteiger partial charge in [-0.15, -0.1) is 0 Å². The number of nitrogens with two attached hydrogens (primary N) is 1. The molecule has 2 saturated heterocycles. The van der Waals surface area contributed by atoms with Crippen LogP contribution in [0.1, 0.15) is 43.4 Å². The van der Waals surface area contributed by atoms with Gasteiger partial charge in [-0.1, -0.05) is 6.07 Å². The molecule has 0 atom stereocenters. The number of hydrogen-bond donors (Lipinski definition) is 1. The predicted octanol–water partition coefficient (Wildman–Crippen LogP) is 3.29. The first-order valence-corrected chi connectivity index (χ1v) is 11.5. The van der Waals surface area contributed by atoms with Crippen LogP contribution in [0.15, 0.2) is 30.5 Å². The summed E-state index contributed by atoms with van der Waals surface area (Å²) >= 11 is 0. The van der Waals surface area contributed by atoms with Gasteiger partial charge in [0.15, 0.2) is 0 Å². The highest BCUT2D eigenvalue weighted by Gasteiger charge is 2.34. The summed E-state index contributed by atoms with van der Waals surface area (Å²) in [5.74, 6) is 1.07. The van der Waals surface area contributed by atoms with Crippen molar-refractivity contribution in [3.63, 3.8) is 0 Å². The zero-order valence-corrected chi connectivity index (χ0v) is 19.9. The van der Waals surface area contributed by atoms with E-state index in [1.54, 1.807) is 11.1 Å². The first-order chi connectivity index (χ1) is 16.2. The maximum atomic E-state index is 12.2. The van der Waals surface area contributed by atoms with Crippen molar-refractivity contribution in [2.45, 2.75) is 38.9 Å². The second-order valence-corrected chi connectivity index (χ2v) is 9.53. The van der Waals surface area contributed by atoms with Gasteiger partial charge in [0, 0.05) is 44.0 Å². The van der Waals surface area contributed by atoms with E-state index in [1.165, 1.54) is 0 Å². The van der Waals surface area contributed by atoms with Crippen LogP contribution < -0.4 is 15.4 Å². The average molecular weight is 466 g/mol. The van der Waals surface area contributed by atoms with Gasteiger partial charge >= 0.3 is 6.09 Å². The van der Waals surface area contributed by atoms with Gasteiger partial charge in [0.2, 0.25) is 0 Å². The molecule has 0 spiro atoms. The number of pyridine rings is 1.